The lowest BCUT2D eigenvalue weighted by molar-refractivity contribution is -0.112. The van der Waals surface area contributed by atoms with Crippen molar-refractivity contribution in [2.75, 3.05) is 20.3 Å². The number of aromatic amines is 1. The number of pyridine rings is 2. The number of nitrogens with two attached hydrogens (primary N) is 1. The van der Waals surface area contributed by atoms with Gasteiger partial charge in [-0.05, 0) is 49.2 Å². The number of ether oxygens (including phenoxy) is 1. The first-order valence-electron chi connectivity index (χ1n) is 10.1. The third kappa shape index (κ3) is 5.25. The van der Waals surface area contributed by atoms with Crippen LogP contribution in [0.4, 0.5) is 0 Å². The molecule has 9 heteroatoms. The van der Waals surface area contributed by atoms with Crippen LogP contribution in [0.2, 0.25) is 0 Å². The fraction of sp³-hybridized carbons (Fsp3) is 0.261. The van der Waals surface area contributed by atoms with E-state index in [9.17, 15) is 9.59 Å². The number of ketones is 1. The van der Waals surface area contributed by atoms with Crippen molar-refractivity contribution < 1.29 is 14.3 Å². The number of hydrogen-bond donors (Lipinski definition) is 4. The van der Waals surface area contributed by atoms with Crippen LogP contribution in [-0.4, -0.2) is 52.6 Å². The first-order valence-corrected chi connectivity index (χ1v) is 10.1. The summed E-state index contributed by atoms with van der Waals surface area (Å²) in [6, 6.07) is 7.26. The zero-order valence-electron chi connectivity index (χ0n) is 18.3. The third-order valence-electron chi connectivity index (χ3n) is 5.03. The van der Waals surface area contributed by atoms with Crippen LogP contribution in [0.25, 0.3) is 22.3 Å². The van der Waals surface area contributed by atoms with Crippen LogP contribution in [0, 0.1) is 5.41 Å². The number of carbonyl (C=O) groups is 2. The zero-order valence-corrected chi connectivity index (χ0v) is 18.3. The summed E-state index contributed by atoms with van der Waals surface area (Å²) in [6.45, 7) is 4.15. The van der Waals surface area contributed by atoms with Crippen molar-refractivity contribution in [3.8, 4) is 11.3 Å². The molecule has 0 aliphatic carbocycles. The highest BCUT2D eigenvalue weighted by Crippen LogP contribution is 2.24. The van der Waals surface area contributed by atoms with Gasteiger partial charge in [0, 0.05) is 54.8 Å². The molecule has 32 heavy (non-hydrogen) atoms. The largest absolute Gasteiger partial charge is 0.402 e. The van der Waals surface area contributed by atoms with Crippen LogP contribution in [0.3, 0.4) is 0 Å². The lowest BCUT2D eigenvalue weighted by atomic mass is 10.0. The zero-order chi connectivity index (χ0) is 23.3. The Morgan fingerprint density at radius 3 is 2.72 bits per heavy atom. The van der Waals surface area contributed by atoms with E-state index >= 15 is 0 Å². The van der Waals surface area contributed by atoms with Gasteiger partial charge in [0.15, 0.2) is 5.78 Å². The molecule has 0 saturated heterocycles. The van der Waals surface area contributed by atoms with Gasteiger partial charge < -0.3 is 20.8 Å². The SMILES string of the molecule is COCCNC(=O)c1cc(-c2cc3cc(CC(=O)C(=N)/C(C)=C(/C)N)cnc3[nH]2)ccn1. The van der Waals surface area contributed by atoms with Gasteiger partial charge in [0.1, 0.15) is 17.1 Å². The molecule has 0 bridgehead atoms. The van der Waals surface area contributed by atoms with E-state index in [2.05, 4.69) is 20.3 Å². The Bertz CT molecular complexity index is 1210. The Labute approximate surface area is 185 Å². The molecule has 0 radical (unpaired) electrons. The lowest BCUT2D eigenvalue weighted by Crippen LogP contribution is -2.27. The van der Waals surface area contributed by atoms with Crippen molar-refractivity contribution in [1.29, 1.82) is 5.41 Å². The molecule has 0 unspecified atom stereocenters. The highest BCUT2D eigenvalue weighted by atomic mass is 16.5. The molecule has 0 aliphatic rings. The second-order valence-electron chi connectivity index (χ2n) is 7.43. The minimum absolute atomic E-state index is 0.0634. The average Bonchev–Trinajstić information content (AvgIpc) is 3.21. The molecule has 0 spiro atoms. The van der Waals surface area contributed by atoms with Gasteiger partial charge in [-0.15, -0.1) is 0 Å². The smallest absolute Gasteiger partial charge is 0.269 e. The van der Waals surface area contributed by atoms with Crippen molar-refractivity contribution in [1.82, 2.24) is 20.3 Å². The number of H-pyrrole nitrogens is 1. The quantitative estimate of drug-likeness (QED) is 0.300. The summed E-state index contributed by atoms with van der Waals surface area (Å²) in [4.78, 5) is 36.4. The second-order valence-corrected chi connectivity index (χ2v) is 7.43. The molecule has 5 N–H and O–H groups in total. The van der Waals surface area contributed by atoms with Crippen LogP contribution in [0.5, 0.6) is 0 Å². The molecule has 166 valence electrons. The molecule has 0 saturated carbocycles. The number of nitrogens with zero attached hydrogens (tertiary/aromatic N) is 2. The van der Waals surface area contributed by atoms with E-state index in [1.807, 2.05) is 12.1 Å². The third-order valence-corrected chi connectivity index (χ3v) is 5.03. The minimum Gasteiger partial charge on any atom is -0.402 e. The fourth-order valence-corrected chi connectivity index (χ4v) is 3.07. The van der Waals surface area contributed by atoms with Gasteiger partial charge in [-0.2, -0.15) is 0 Å². The topological polar surface area (TPSA) is 147 Å². The maximum absolute atomic E-state index is 12.4. The summed E-state index contributed by atoms with van der Waals surface area (Å²) in [7, 11) is 1.57. The standard InChI is InChI=1S/C23H26N6O3/c1-13(14(2)24)21(25)20(30)9-15-8-17-11-18(29-22(17)28-12-15)16-4-5-26-19(10-16)23(31)27-6-7-32-3/h4-5,8,10-12,25H,6-7,9,24H2,1-3H3,(H,27,31)(H,28,29)/b14-13-,25-21?. The fourth-order valence-electron chi connectivity index (χ4n) is 3.07. The van der Waals surface area contributed by atoms with Crippen LogP contribution in [0.15, 0.2) is 47.9 Å². The number of nitrogens with one attached hydrogen (secondary N) is 3. The molecule has 9 nitrogen and oxygen atoms in total. The molecule has 0 atom stereocenters. The molecule has 0 aromatic carbocycles. The molecular formula is C23H26N6O3. The molecule has 3 aromatic heterocycles. The number of amides is 1. The van der Waals surface area contributed by atoms with E-state index < -0.39 is 0 Å². The van der Waals surface area contributed by atoms with Gasteiger partial charge >= 0.3 is 0 Å². The Balaban J connectivity index is 1.80. The number of Topliss-reactive ketones (excluding diaryl/α,β-unsaturated/α-hetero) is 1. The number of methoxy groups -OCH3 is 1. The van der Waals surface area contributed by atoms with E-state index in [0.717, 1.165) is 16.6 Å². The summed E-state index contributed by atoms with van der Waals surface area (Å²) < 4.78 is 4.94. The number of carbonyl (C=O) groups excluding carboxylic acids is 2. The molecule has 3 heterocycles. The Hall–Kier alpha value is -3.85. The molecule has 0 fully saturated rings. The summed E-state index contributed by atoms with van der Waals surface area (Å²) in [6.07, 6.45) is 3.25. The van der Waals surface area contributed by atoms with Gasteiger partial charge in [-0.3, -0.25) is 20.0 Å². The van der Waals surface area contributed by atoms with Gasteiger partial charge in [0.05, 0.1) is 6.61 Å². The molecular weight excluding hydrogens is 408 g/mol. The monoisotopic (exact) mass is 434 g/mol. The maximum atomic E-state index is 12.4. The second kappa shape index (κ2) is 9.97. The van der Waals surface area contributed by atoms with Gasteiger partial charge in [-0.25, -0.2) is 4.98 Å². The van der Waals surface area contributed by atoms with Crippen LogP contribution in [-0.2, 0) is 16.0 Å². The Morgan fingerprint density at radius 1 is 1.22 bits per heavy atom. The average molecular weight is 435 g/mol. The first-order chi connectivity index (χ1) is 15.3. The highest BCUT2D eigenvalue weighted by Gasteiger charge is 2.15. The van der Waals surface area contributed by atoms with E-state index in [0.29, 0.717) is 41.3 Å². The van der Waals surface area contributed by atoms with Crippen molar-refractivity contribution in [3.05, 3.63) is 59.2 Å². The highest BCUT2D eigenvalue weighted by molar-refractivity contribution is 6.45. The van der Waals surface area contributed by atoms with Crippen LogP contribution < -0.4 is 11.1 Å². The number of hydrogen-bond acceptors (Lipinski definition) is 7. The molecule has 0 aliphatic heterocycles. The van der Waals surface area contributed by atoms with E-state index in [-0.39, 0.29) is 23.8 Å². The van der Waals surface area contributed by atoms with Crippen molar-refractivity contribution in [2.45, 2.75) is 20.3 Å². The summed E-state index contributed by atoms with van der Waals surface area (Å²) >= 11 is 0. The van der Waals surface area contributed by atoms with Gasteiger partial charge in [-0.1, -0.05) is 0 Å². The van der Waals surface area contributed by atoms with Crippen LogP contribution in [0.1, 0.15) is 29.9 Å². The Kier molecular flexibility index (Phi) is 7.11. The normalized spacial score (nSPS) is 11.8. The molecule has 1 amide bonds. The Morgan fingerprint density at radius 2 is 2.00 bits per heavy atom. The predicted octanol–water partition coefficient (Wildman–Crippen LogP) is 2.39. The number of rotatable bonds is 9. The number of allylic oxidation sites excluding steroid dienone is 2. The van der Waals surface area contributed by atoms with Crippen molar-refractivity contribution in [3.63, 3.8) is 0 Å². The predicted molar refractivity (Wildman–Crippen MR) is 123 cm³/mol. The van der Waals surface area contributed by atoms with Crippen molar-refractivity contribution >= 4 is 28.4 Å². The maximum Gasteiger partial charge on any atom is 0.269 e. The number of aromatic nitrogens is 3. The lowest BCUT2D eigenvalue weighted by Gasteiger charge is -2.05. The summed E-state index contributed by atoms with van der Waals surface area (Å²) in [5.41, 5.74) is 9.76. The van der Waals surface area contributed by atoms with E-state index in [1.165, 1.54) is 0 Å². The molecule has 3 aromatic rings. The van der Waals surface area contributed by atoms with Gasteiger partial charge in [0.25, 0.3) is 5.91 Å². The minimum atomic E-state index is -0.317. The van der Waals surface area contributed by atoms with E-state index in [4.69, 9.17) is 15.9 Å². The van der Waals surface area contributed by atoms with Crippen LogP contribution >= 0.6 is 0 Å². The summed E-state index contributed by atoms with van der Waals surface area (Å²) in [5.74, 6) is -0.596. The summed E-state index contributed by atoms with van der Waals surface area (Å²) in [5, 5.41) is 11.6. The van der Waals surface area contributed by atoms with Crippen molar-refractivity contribution in [2.24, 2.45) is 5.73 Å². The number of fused-ring (bicyclic) bond motifs is 1. The molecule has 3 rings (SSSR count). The first kappa shape index (κ1) is 22.8. The van der Waals surface area contributed by atoms with E-state index in [1.54, 1.807) is 45.5 Å². The van der Waals surface area contributed by atoms with Gasteiger partial charge in [0.2, 0.25) is 0 Å².